The highest BCUT2D eigenvalue weighted by Gasteiger charge is 2.19. The summed E-state index contributed by atoms with van der Waals surface area (Å²) >= 11 is 0. The number of aryl methyl sites for hydroxylation is 2. The topological polar surface area (TPSA) is 51.0 Å². The molecular formula is C14H19N3O. The van der Waals surface area contributed by atoms with Crippen molar-refractivity contribution < 1.29 is 4.42 Å². The summed E-state index contributed by atoms with van der Waals surface area (Å²) < 4.78 is 5.53. The summed E-state index contributed by atoms with van der Waals surface area (Å²) in [5.41, 5.74) is 3.10. The van der Waals surface area contributed by atoms with Crippen LogP contribution in [-0.2, 0) is 6.42 Å². The van der Waals surface area contributed by atoms with Crippen LogP contribution in [0.2, 0.25) is 0 Å². The van der Waals surface area contributed by atoms with Gasteiger partial charge in [-0.05, 0) is 38.1 Å². The third-order valence-corrected chi connectivity index (χ3v) is 2.91. The molecule has 0 aromatic carbocycles. The second-order valence-corrected chi connectivity index (χ2v) is 4.25. The average molecular weight is 245 g/mol. The lowest BCUT2D eigenvalue weighted by Crippen LogP contribution is -2.23. The summed E-state index contributed by atoms with van der Waals surface area (Å²) in [6, 6.07) is 6.03. The molecular weight excluding hydrogens is 226 g/mol. The first-order valence-electron chi connectivity index (χ1n) is 6.36. The number of nitrogens with zero attached hydrogens (tertiary/aromatic N) is 2. The summed E-state index contributed by atoms with van der Waals surface area (Å²) in [5, 5.41) is 11.8. The van der Waals surface area contributed by atoms with Crippen LogP contribution in [0.15, 0.2) is 28.9 Å². The van der Waals surface area contributed by atoms with Crippen molar-refractivity contribution in [3.8, 4) is 0 Å². The molecule has 0 spiro atoms. The highest BCUT2D eigenvalue weighted by Crippen LogP contribution is 2.25. The Labute approximate surface area is 107 Å². The van der Waals surface area contributed by atoms with Crippen LogP contribution in [0.5, 0.6) is 0 Å². The lowest BCUT2D eigenvalue weighted by Gasteiger charge is -2.18. The highest BCUT2D eigenvalue weighted by molar-refractivity contribution is 5.30. The maximum atomic E-state index is 5.53. The van der Waals surface area contributed by atoms with Gasteiger partial charge in [-0.15, -0.1) is 0 Å². The fraction of sp³-hybridized carbons (Fsp3) is 0.429. The van der Waals surface area contributed by atoms with Crippen LogP contribution < -0.4 is 5.32 Å². The molecule has 0 radical (unpaired) electrons. The van der Waals surface area contributed by atoms with Gasteiger partial charge in [-0.3, -0.25) is 0 Å². The van der Waals surface area contributed by atoms with Gasteiger partial charge in [-0.25, -0.2) is 0 Å². The van der Waals surface area contributed by atoms with E-state index in [4.69, 9.17) is 4.42 Å². The lowest BCUT2D eigenvalue weighted by atomic mass is 10.0. The summed E-state index contributed by atoms with van der Waals surface area (Å²) in [5.74, 6) is 0.916. The van der Waals surface area contributed by atoms with Crippen molar-refractivity contribution >= 4 is 0 Å². The molecule has 0 aliphatic rings. The Kier molecular flexibility index (Phi) is 4.10. The molecule has 0 fully saturated rings. The average Bonchev–Trinajstić information content (AvgIpc) is 2.89. The molecule has 4 nitrogen and oxygen atoms in total. The van der Waals surface area contributed by atoms with E-state index in [1.165, 1.54) is 0 Å². The molecule has 96 valence electrons. The molecule has 2 rings (SSSR count). The largest absolute Gasteiger partial charge is 0.467 e. The van der Waals surface area contributed by atoms with Crippen molar-refractivity contribution in [3.63, 3.8) is 0 Å². The molecule has 0 saturated heterocycles. The zero-order valence-corrected chi connectivity index (χ0v) is 11.1. The van der Waals surface area contributed by atoms with Gasteiger partial charge < -0.3 is 9.73 Å². The van der Waals surface area contributed by atoms with E-state index in [1.54, 1.807) is 6.26 Å². The van der Waals surface area contributed by atoms with Crippen molar-refractivity contribution in [1.29, 1.82) is 0 Å². The molecule has 1 N–H and O–H groups in total. The predicted molar refractivity (Wildman–Crippen MR) is 70.4 cm³/mol. The van der Waals surface area contributed by atoms with Crippen molar-refractivity contribution in [2.45, 2.75) is 33.2 Å². The molecule has 4 heteroatoms. The molecule has 0 aliphatic heterocycles. The molecule has 0 bridgehead atoms. The number of rotatable bonds is 5. The van der Waals surface area contributed by atoms with Crippen molar-refractivity contribution in [3.05, 3.63) is 47.2 Å². The van der Waals surface area contributed by atoms with Crippen LogP contribution in [0, 0.1) is 6.92 Å². The monoisotopic (exact) mass is 245 g/mol. The van der Waals surface area contributed by atoms with E-state index < -0.39 is 0 Å². The SMILES string of the molecule is CCNC(c1ccco1)c1cc(C)nnc1CC. The van der Waals surface area contributed by atoms with E-state index in [2.05, 4.69) is 35.4 Å². The van der Waals surface area contributed by atoms with Gasteiger partial charge in [0.1, 0.15) is 5.76 Å². The van der Waals surface area contributed by atoms with Crippen molar-refractivity contribution in [1.82, 2.24) is 15.5 Å². The molecule has 2 aromatic heterocycles. The van der Waals surface area contributed by atoms with E-state index in [-0.39, 0.29) is 6.04 Å². The van der Waals surface area contributed by atoms with Crippen LogP contribution in [0.3, 0.4) is 0 Å². The Morgan fingerprint density at radius 3 is 2.78 bits per heavy atom. The molecule has 0 saturated carbocycles. The van der Waals surface area contributed by atoms with Gasteiger partial charge in [0.15, 0.2) is 0 Å². The highest BCUT2D eigenvalue weighted by atomic mass is 16.3. The Balaban J connectivity index is 2.45. The van der Waals surface area contributed by atoms with Crippen molar-refractivity contribution in [2.24, 2.45) is 0 Å². The fourth-order valence-corrected chi connectivity index (χ4v) is 2.08. The summed E-state index contributed by atoms with van der Waals surface area (Å²) in [6.07, 6.45) is 2.57. The molecule has 18 heavy (non-hydrogen) atoms. The van der Waals surface area contributed by atoms with Crippen LogP contribution >= 0.6 is 0 Å². The van der Waals surface area contributed by atoms with E-state index in [0.717, 1.165) is 35.7 Å². The number of hydrogen-bond acceptors (Lipinski definition) is 4. The number of hydrogen-bond donors (Lipinski definition) is 1. The van der Waals surface area contributed by atoms with Crippen LogP contribution in [0.1, 0.15) is 42.6 Å². The van der Waals surface area contributed by atoms with Gasteiger partial charge in [0.2, 0.25) is 0 Å². The molecule has 0 amide bonds. The van der Waals surface area contributed by atoms with Crippen LogP contribution in [0.25, 0.3) is 0 Å². The van der Waals surface area contributed by atoms with Gasteiger partial charge in [-0.1, -0.05) is 13.8 Å². The third kappa shape index (κ3) is 2.59. The second-order valence-electron chi connectivity index (χ2n) is 4.25. The predicted octanol–water partition coefficient (Wildman–Crippen LogP) is 2.64. The lowest BCUT2D eigenvalue weighted by molar-refractivity contribution is 0.449. The van der Waals surface area contributed by atoms with Crippen LogP contribution in [-0.4, -0.2) is 16.7 Å². The first-order chi connectivity index (χ1) is 8.76. The number of nitrogens with one attached hydrogen (secondary N) is 1. The van der Waals surface area contributed by atoms with E-state index in [9.17, 15) is 0 Å². The minimum atomic E-state index is 0.0501. The van der Waals surface area contributed by atoms with E-state index in [0.29, 0.717) is 0 Å². The Morgan fingerprint density at radius 2 is 2.17 bits per heavy atom. The maximum absolute atomic E-state index is 5.53. The van der Waals surface area contributed by atoms with Gasteiger partial charge >= 0.3 is 0 Å². The summed E-state index contributed by atoms with van der Waals surface area (Å²) in [7, 11) is 0. The summed E-state index contributed by atoms with van der Waals surface area (Å²) in [6.45, 7) is 7.01. The number of furan rings is 1. The Hall–Kier alpha value is -1.68. The minimum Gasteiger partial charge on any atom is -0.467 e. The molecule has 2 aromatic rings. The smallest absolute Gasteiger partial charge is 0.125 e. The number of aromatic nitrogens is 2. The normalized spacial score (nSPS) is 12.6. The molecule has 0 aliphatic carbocycles. The summed E-state index contributed by atoms with van der Waals surface area (Å²) in [4.78, 5) is 0. The van der Waals surface area contributed by atoms with Gasteiger partial charge in [0, 0.05) is 5.56 Å². The zero-order valence-electron chi connectivity index (χ0n) is 11.1. The fourth-order valence-electron chi connectivity index (χ4n) is 2.08. The van der Waals surface area contributed by atoms with Gasteiger partial charge in [0.25, 0.3) is 0 Å². The molecule has 1 atom stereocenters. The van der Waals surface area contributed by atoms with Crippen LogP contribution in [0.4, 0.5) is 0 Å². The Morgan fingerprint density at radius 1 is 1.33 bits per heavy atom. The van der Waals surface area contributed by atoms with Gasteiger partial charge in [-0.2, -0.15) is 10.2 Å². The third-order valence-electron chi connectivity index (χ3n) is 2.91. The Bertz CT molecular complexity index is 494. The van der Waals surface area contributed by atoms with E-state index in [1.807, 2.05) is 19.1 Å². The second kappa shape index (κ2) is 5.78. The van der Waals surface area contributed by atoms with E-state index >= 15 is 0 Å². The maximum Gasteiger partial charge on any atom is 0.125 e. The first kappa shape index (κ1) is 12.8. The van der Waals surface area contributed by atoms with Crippen molar-refractivity contribution in [2.75, 3.05) is 6.54 Å². The minimum absolute atomic E-state index is 0.0501. The standard InChI is InChI=1S/C14H19N3O/c1-4-12-11(9-10(3)16-17-12)14(15-5-2)13-7-6-8-18-13/h6-9,14-15H,4-5H2,1-3H3. The van der Waals surface area contributed by atoms with Gasteiger partial charge in [0.05, 0.1) is 23.7 Å². The molecule has 1 unspecified atom stereocenters. The zero-order chi connectivity index (χ0) is 13.0. The quantitative estimate of drug-likeness (QED) is 0.879. The first-order valence-corrected chi connectivity index (χ1v) is 6.36. The molecule has 2 heterocycles.